The van der Waals surface area contributed by atoms with Gasteiger partial charge in [0.05, 0.1) is 0 Å². The lowest BCUT2D eigenvalue weighted by Crippen LogP contribution is -2.46. The van der Waals surface area contributed by atoms with Gasteiger partial charge in [0, 0.05) is 25.4 Å². The van der Waals surface area contributed by atoms with Crippen LogP contribution in [0.5, 0.6) is 0 Å². The molecule has 0 amide bonds. The zero-order valence-corrected chi connectivity index (χ0v) is 9.84. The quantitative estimate of drug-likeness (QED) is 0.595. The van der Waals surface area contributed by atoms with Crippen molar-refractivity contribution < 1.29 is 13.3 Å². The average Bonchev–Trinajstić information content (AvgIpc) is 2.87. The molecule has 0 unspecified atom stereocenters. The van der Waals surface area contributed by atoms with Crippen LogP contribution in [0.1, 0.15) is 33.6 Å². The summed E-state index contributed by atoms with van der Waals surface area (Å²) in [6, 6.07) is 0. The topological polar surface area (TPSA) is 27.7 Å². The van der Waals surface area contributed by atoms with Crippen molar-refractivity contribution in [2.75, 3.05) is 19.8 Å². The van der Waals surface area contributed by atoms with E-state index < -0.39 is 8.80 Å². The Morgan fingerprint density at radius 1 is 0.923 bits per heavy atom. The van der Waals surface area contributed by atoms with E-state index in [1.165, 1.54) is 12.8 Å². The zero-order chi connectivity index (χ0) is 9.73. The van der Waals surface area contributed by atoms with Gasteiger partial charge in [-0.3, -0.25) is 0 Å². The van der Waals surface area contributed by atoms with E-state index in [0.29, 0.717) is 25.4 Å². The summed E-state index contributed by atoms with van der Waals surface area (Å²) in [6.45, 7) is 8.10. The molecular weight excluding hydrogens is 184 g/mol. The van der Waals surface area contributed by atoms with Crippen molar-refractivity contribution in [3.63, 3.8) is 0 Å². The van der Waals surface area contributed by atoms with Crippen molar-refractivity contribution in [2.45, 2.75) is 39.2 Å². The van der Waals surface area contributed by atoms with Gasteiger partial charge in [0.25, 0.3) is 0 Å². The van der Waals surface area contributed by atoms with E-state index in [2.05, 4.69) is 0 Å². The van der Waals surface area contributed by atoms with E-state index in [-0.39, 0.29) is 0 Å². The van der Waals surface area contributed by atoms with E-state index >= 15 is 0 Å². The van der Waals surface area contributed by atoms with Crippen LogP contribution < -0.4 is 0 Å². The van der Waals surface area contributed by atoms with Crippen molar-refractivity contribution in [3.05, 3.63) is 0 Å². The first-order valence-electron chi connectivity index (χ1n) is 5.20. The molecule has 0 radical (unpaired) electrons. The molecule has 0 aromatic heterocycles. The first-order valence-corrected chi connectivity index (χ1v) is 7.01. The molecule has 1 rings (SSSR count). The first kappa shape index (κ1) is 11.2. The van der Waals surface area contributed by atoms with Crippen LogP contribution in [0, 0.1) is 0 Å². The number of rotatable bonds is 7. The molecule has 1 aliphatic carbocycles. The average molecular weight is 204 g/mol. The smallest absolute Gasteiger partial charge is 0.374 e. The van der Waals surface area contributed by atoms with Gasteiger partial charge in [0.15, 0.2) is 0 Å². The molecule has 1 fully saturated rings. The minimum atomic E-state index is -2.26. The summed E-state index contributed by atoms with van der Waals surface area (Å²) in [6.07, 6.45) is 2.43. The Balaban J connectivity index is 2.54. The van der Waals surface area contributed by atoms with Crippen LogP contribution in [0.4, 0.5) is 0 Å². The summed E-state index contributed by atoms with van der Waals surface area (Å²) in [7, 11) is -2.26. The first-order chi connectivity index (χ1) is 6.29. The summed E-state index contributed by atoms with van der Waals surface area (Å²) in [4.78, 5) is 0. The largest absolute Gasteiger partial charge is 0.504 e. The van der Waals surface area contributed by atoms with Crippen molar-refractivity contribution in [2.24, 2.45) is 0 Å². The molecule has 4 heteroatoms. The molecule has 78 valence electrons. The molecule has 0 aliphatic heterocycles. The molecule has 0 N–H and O–H groups in total. The molecule has 3 nitrogen and oxygen atoms in total. The molecular formula is C9H20O3Si. The third-order valence-corrected chi connectivity index (χ3v) is 5.76. The Bertz CT molecular complexity index is 131. The van der Waals surface area contributed by atoms with E-state index in [0.717, 1.165) is 0 Å². The fraction of sp³-hybridized carbons (Fsp3) is 1.00. The SMILES string of the molecule is CCO[Si](OCC)(OCC)C1CC1. The minimum absolute atomic E-state index is 0.576. The standard InChI is InChI=1S/C9H20O3Si/c1-4-10-13(11-5-2,12-6-3)9-7-8-9/h9H,4-8H2,1-3H3. The highest BCUT2D eigenvalue weighted by atomic mass is 28.4. The Labute approximate surface area is 81.7 Å². The fourth-order valence-electron chi connectivity index (χ4n) is 1.52. The zero-order valence-electron chi connectivity index (χ0n) is 8.84. The van der Waals surface area contributed by atoms with Gasteiger partial charge in [0.1, 0.15) is 0 Å². The van der Waals surface area contributed by atoms with Gasteiger partial charge in [0.2, 0.25) is 0 Å². The van der Waals surface area contributed by atoms with Gasteiger partial charge >= 0.3 is 8.80 Å². The third-order valence-electron chi connectivity index (χ3n) is 2.11. The van der Waals surface area contributed by atoms with E-state index in [1.807, 2.05) is 20.8 Å². The van der Waals surface area contributed by atoms with Gasteiger partial charge in [-0.1, -0.05) is 0 Å². The lowest BCUT2D eigenvalue weighted by atomic mass is 10.9. The van der Waals surface area contributed by atoms with Gasteiger partial charge < -0.3 is 13.3 Å². The van der Waals surface area contributed by atoms with Crippen molar-refractivity contribution in [3.8, 4) is 0 Å². The number of hydrogen-bond acceptors (Lipinski definition) is 3. The second kappa shape index (κ2) is 5.10. The summed E-state index contributed by atoms with van der Waals surface area (Å²) < 4.78 is 17.2. The highest BCUT2D eigenvalue weighted by Crippen LogP contribution is 2.46. The second-order valence-electron chi connectivity index (χ2n) is 3.18. The van der Waals surface area contributed by atoms with Crippen molar-refractivity contribution in [1.82, 2.24) is 0 Å². The van der Waals surface area contributed by atoms with E-state index in [9.17, 15) is 0 Å². The van der Waals surface area contributed by atoms with Crippen LogP contribution >= 0.6 is 0 Å². The lowest BCUT2D eigenvalue weighted by molar-refractivity contribution is 0.0695. The van der Waals surface area contributed by atoms with Crippen LogP contribution in [-0.2, 0) is 13.3 Å². The monoisotopic (exact) mass is 204 g/mol. The maximum atomic E-state index is 5.73. The van der Waals surface area contributed by atoms with Gasteiger partial charge in [-0.25, -0.2) is 0 Å². The molecule has 0 atom stereocenters. The van der Waals surface area contributed by atoms with Crippen LogP contribution in [-0.4, -0.2) is 28.6 Å². The van der Waals surface area contributed by atoms with E-state index in [1.54, 1.807) is 0 Å². The predicted octanol–water partition coefficient (Wildman–Crippen LogP) is 2.20. The Kier molecular flexibility index (Phi) is 4.38. The Morgan fingerprint density at radius 3 is 1.54 bits per heavy atom. The minimum Gasteiger partial charge on any atom is -0.374 e. The Morgan fingerprint density at radius 2 is 1.31 bits per heavy atom. The van der Waals surface area contributed by atoms with Crippen LogP contribution in [0.3, 0.4) is 0 Å². The summed E-state index contributed by atoms with van der Waals surface area (Å²) in [5.74, 6) is 0. The van der Waals surface area contributed by atoms with Crippen LogP contribution in [0.25, 0.3) is 0 Å². The summed E-state index contributed by atoms with van der Waals surface area (Å²) >= 11 is 0. The molecule has 0 aromatic carbocycles. The molecule has 1 saturated carbocycles. The molecule has 0 saturated heterocycles. The highest BCUT2D eigenvalue weighted by molar-refractivity contribution is 6.63. The molecule has 0 bridgehead atoms. The van der Waals surface area contributed by atoms with Gasteiger partial charge in [-0.15, -0.1) is 0 Å². The maximum absolute atomic E-state index is 5.73. The van der Waals surface area contributed by atoms with Crippen LogP contribution in [0.15, 0.2) is 0 Å². The summed E-state index contributed by atoms with van der Waals surface area (Å²) in [5.41, 5.74) is 0.576. The second-order valence-corrected chi connectivity index (χ2v) is 6.07. The predicted molar refractivity (Wildman–Crippen MR) is 53.6 cm³/mol. The number of hydrogen-bond donors (Lipinski definition) is 0. The molecule has 1 aliphatic rings. The molecule has 0 aromatic rings. The molecule has 13 heavy (non-hydrogen) atoms. The summed E-state index contributed by atoms with van der Waals surface area (Å²) in [5, 5.41) is 0. The molecule has 0 spiro atoms. The normalized spacial score (nSPS) is 17.8. The third kappa shape index (κ3) is 2.77. The lowest BCUT2D eigenvalue weighted by Gasteiger charge is -2.28. The molecule has 0 heterocycles. The van der Waals surface area contributed by atoms with Crippen molar-refractivity contribution in [1.29, 1.82) is 0 Å². The van der Waals surface area contributed by atoms with Gasteiger partial charge in [-0.2, -0.15) is 0 Å². The van der Waals surface area contributed by atoms with Gasteiger partial charge in [-0.05, 0) is 33.6 Å². The van der Waals surface area contributed by atoms with E-state index in [4.69, 9.17) is 13.3 Å². The van der Waals surface area contributed by atoms with Crippen LogP contribution in [0.2, 0.25) is 5.54 Å². The Hall–Kier alpha value is 0.0969. The maximum Gasteiger partial charge on any atom is 0.504 e. The highest BCUT2D eigenvalue weighted by Gasteiger charge is 2.54. The fourth-order valence-corrected chi connectivity index (χ4v) is 4.56. The van der Waals surface area contributed by atoms with Crippen molar-refractivity contribution >= 4 is 8.80 Å².